The second-order valence-electron chi connectivity index (χ2n) is 5.97. The minimum atomic E-state index is 0.106. The lowest BCUT2D eigenvalue weighted by Crippen LogP contribution is -2.33. The summed E-state index contributed by atoms with van der Waals surface area (Å²) in [6.45, 7) is 11.2. The average molecular weight is 276 g/mol. The first kappa shape index (κ1) is 16.7. The fourth-order valence-corrected chi connectivity index (χ4v) is 2.08. The van der Waals surface area contributed by atoms with Crippen molar-refractivity contribution in [3.63, 3.8) is 0 Å². The Morgan fingerprint density at radius 1 is 1.00 bits per heavy atom. The summed E-state index contributed by atoms with van der Waals surface area (Å²) >= 11 is 0. The molecule has 0 aromatic heterocycles. The van der Waals surface area contributed by atoms with Crippen LogP contribution >= 0.6 is 0 Å². The minimum absolute atomic E-state index is 0.106. The molecule has 0 aliphatic carbocycles. The lowest BCUT2D eigenvalue weighted by Gasteiger charge is -2.16. The van der Waals surface area contributed by atoms with Crippen LogP contribution in [-0.2, 0) is 4.79 Å². The van der Waals surface area contributed by atoms with E-state index >= 15 is 0 Å². The summed E-state index contributed by atoms with van der Waals surface area (Å²) in [5.74, 6) is 0.668. The molecule has 0 heterocycles. The highest BCUT2D eigenvalue weighted by atomic mass is 16.1. The van der Waals surface area contributed by atoms with Gasteiger partial charge in [-0.1, -0.05) is 38.1 Å². The molecule has 1 amide bonds. The highest BCUT2D eigenvalue weighted by molar-refractivity contribution is 5.76. The predicted molar refractivity (Wildman–Crippen MR) is 84.8 cm³/mol. The monoisotopic (exact) mass is 276 g/mol. The molecule has 0 radical (unpaired) electrons. The van der Waals surface area contributed by atoms with E-state index in [9.17, 15) is 4.79 Å². The second kappa shape index (κ2) is 8.05. The number of hydrogen-bond acceptors (Lipinski definition) is 2. The standard InChI is InChI=1S/C17H28N2O/c1-12(2)15-6-8-16(9-7-15)14(5)18-11-10-17(20)19-13(3)4/h6-9,12-14,18H,10-11H2,1-5H3,(H,19,20). The molecule has 112 valence electrons. The summed E-state index contributed by atoms with van der Waals surface area (Å²) < 4.78 is 0. The van der Waals surface area contributed by atoms with E-state index in [0.29, 0.717) is 18.9 Å². The molecule has 3 heteroatoms. The molecule has 1 aromatic carbocycles. The smallest absolute Gasteiger partial charge is 0.221 e. The molecule has 0 aliphatic heterocycles. The van der Waals surface area contributed by atoms with E-state index < -0.39 is 0 Å². The Hall–Kier alpha value is -1.35. The van der Waals surface area contributed by atoms with Crippen LogP contribution in [0.2, 0.25) is 0 Å². The largest absolute Gasteiger partial charge is 0.354 e. The lowest BCUT2D eigenvalue weighted by atomic mass is 9.99. The van der Waals surface area contributed by atoms with E-state index in [1.807, 2.05) is 13.8 Å². The average Bonchev–Trinajstić information content (AvgIpc) is 2.37. The molecule has 0 aliphatic rings. The van der Waals surface area contributed by atoms with Gasteiger partial charge in [0.05, 0.1) is 0 Å². The SMILES string of the molecule is CC(C)NC(=O)CCNC(C)c1ccc(C(C)C)cc1. The molecule has 1 atom stereocenters. The van der Waals surface area contributed by atoms with Gasteiger partial charge in [-0.3, -0.25) is 4.79 Å². The van der Waals surface area contributed by atoms with Gasteiger partial charge in [0.15, 0.2) is 0 Å². The van der Waals surface area contributed by atoms with Gasteiger partial charge in [0.2, 0.25) is 5.91 Å². The number of hydrogen-bond donors (Lipinski definition) is 2. The van der Waals surface area contributed by atoms with Gasteiger partial charge < -0.3 is 10.6 Å². The number of carbonyl (C=O) groups is 1. The third-order valence-corrected chi connectivity index (χ3v) is 3.36. The van der Waals surface area contributed by atoms with Crippen LogP contribution in [0.1, 0.15) is 64.1 Å². The Kier molecular flexibility index (Phi) is 6.73. The van der Waals surface area contributed by atoms with E-state index in [1.54, 1.807) is 0 Å². The molecule has 0 spiro atoms. The highest BCUT2D eigenvalue weighted by Gasteiger charge is 2.07. The molecule has 0 saturated heterocycles. The molecule has 1 aromatic rings. The van der Waals surface area contributed by atoms with Gasteiger partial charge in [-0.2, -0.15) is 0 Å². The molecule has 0 fully saturated rings. The van der Waals surface area contributed by atoms with Crippen molar-refractivity contribution in [2.75, 3.05) is 6.54 Å². The third-order valence-electron chi connectivity index (χ3n) is 3.36. The lowest BCUT2D eigenvalue weighted by molar-refractivity contribution is -0.121. The van der Waals surface area contributed by atoms with Crippen LogP contribution in [0.3, 0.4) is 0 Å². The number of carbonyl (C=O) groups excluding carboxylic acids is 1. The van der Waals surface area contributed by atoms with Crippen molar-refractivity contribution in [2.24, 2.45) is 0 Å². The van der Waals surface area contributed by atoms with Crippen molar-refractivity contribution in [1.29, 1.82) is 0 Å². The fourth-order valence-electron chi connectivity index (χ4n) is 2.08. The summed E-state index contributed by atoms with van der Waals surface area (Å²) in [5.41, 5.74) is 2.62. The normalized spacial score (nSPS) is 12.8. The number of amides is 1. The van der Waals surface area contributed by atoms with E-state index in [-0.39, 0.29) is 18.0 Å². The molecule has 2 N–H and O–H groups in total. The van der Waals surface area contributed by atoms with Crippen LogP contribution in [-0.4, -0.2) is 18.5 Å². The van der Waals surface area contributed by atoms with E-state index in [1.165, 1.54) is 11.1 Å². The fraction of sp³-hybridized carbons (Fsp3) is 0.588. The summed E-state index contributed by atoms with van der Waals surface area (Å²) in [6, 6.07) is 9.18. The van der Waals surface area contributed by atoms with Crippen molar-refractivity contribution < 1.29 is 4.79 Å². The molecular weight excluding hydrogens is 248 g/mol. The molecule has 1 rings (SSSR count). The maximum absolute atomic E-state index is 11.5. The Labute approximate surface area is 123 Å². The topological polar surface area (TPSA) is 41.1 Å². The summed E-state index contributed by atoms with van der Waals surface area (Å²) in [7, 11) is 0. The molecule has 0 saturated carbocycles. The second-order valence-corrected chi connectivity index (χ2v) is 5.97. The summed E-state index contributed by atoms with van der Waals surface area (Å²) in [5, 5.41) is 6.29. The Balaban J connectivity index is 2.39. The zero-order valence-corrected chi connectivity index (χ0v) is 13.4. The Morgan fingerprint density at radius 3 is 2.05 bits per heavy atom. The number of benzene rings is 1. The van der Waals surface area contributed by atoms with Crippen molar-refractivity contribution in [3.05, 3.63) is 35.4 Å². The van der Waals surface area contributed by atoms with Crippen LogP contribution < -0.4 is 10.6 Å². The van der Waals surface area contributed by atoms with Crippen molar-refractivity contribution in [3.8, 4) is 0 Å². The van der Waals surface area contributed by atoms with Gasteiger partial charge in [0, 0.05) is 25.0 Å². The highest BCUT2D eigenvalue weighted by Crippen LogP contribution is 2.18. The quantitative estimate of drug-likeness (QED) is 0.801. The van der Waals surface area contributed by atoms with Gasteiger partial charge >= 0.3 is 0 Å². The number of rotatable bonds is 7. The molecular formula is C17H28N2O. The molecule has 20 heavy (non-hydrogen) atoms. The predicted octanol–water partition coefficient (Wildman–Crippen LogP) is 3.38. The van der Waals surface area contributed by atoms with Crippen LogP contribution in [0.15, 0.2) is 24.3 Å². The maximum atomic E-state index is 11.5. The van der Waals surface area contributed by atoms with E-state index in [4.69, 9.17) is 0 Å². The van der Waals surface area contributed by atoms with Crippen molar-refractivity contribution in [1.82, 2.24) is 10.6 Å². The van der Waals surface area contributed by atoms with Gasteiger partial charge in [-0.15, -0.1) is 0 Å². The first-order valence-electron chi connectivity index (χ1n) is 7.52. The van der Waals surface area contributed by atoms with Gasteiger partial charge in [0.25, 0.3) is 0 Å². The van der Waals surface area contributed by atoms with Crippen LogP contribution in [0.4, 0.5) is 0 Å². The summed E-state index contributed by atoms with van der Waals surface area (Å²) in [6.07, 6.45) is 0.520. The van der Waals surface area contributed by atoms with Crippen molar-refractivity contribution in [2.45, 2.75) is 59.0 Å². The minimum Gasteiger partial charge on any atom is -0.354 e. The molecule has 0 bridgehead atoms. The Morgan fingerprint density at radius 2 is 1.55 bits per heavy atom. The van der Waals surface area contributed by atoms with Gasteiger partial charge in [0.1, 0.15) is 0 Å². The van der Waals surface area contributed by atoms with E-state index in [2.05, 4.69) is 55.7 Å². The molecule has 3 nitrogen and oxygen atoms in total. The number of nitrogens with one attached hydrogen (secondary N) is 2. The van der Waals surface area contributed by atoms with Gasteiger partial charge in [-0.05, 0) is 37.8 Å². The zero-order chi connectivity index (χ0) is 15.1. The van der Waals surface area contributed by atoms with Crippen LogP contribution in [0.5, 0.6) is 0 Å². The Bertz CT molecular complexity index is 410. The zero-order valence-electron chi connectivity index (χ0n) is 13.4. The first-order valence-corrected chi connectivity index (χ1v) is 7.52. The first-order chi connectivity index (χ1) is 9.40. The third kappa shape index (κ3) is 5.74. The van der Waals surface area contributed by atoms with Crippen LogP contribution in [0.25, 0.3) is 0 Å². The van der Waals surface area contributed by atoms with Gasteiger partial charge in [-0.25, -0.2) is 0 Å². The van der Waals surface area contributed by atoms with Crippen molar-refractivity contribution >= 4 is 5.91 Å². The van der Waals surface area contributed by atoms with Crippen LogP contribution in [0, 0.1) is 0 Å². The van der Waals surface area contributed by atoms with E-state index in [0.717, 1.165) is 0 Å². The molecule has 1 unspecified atom stereocenters. The maximum Gasteiger partial charge on any atom is 0.221 e. The summed E-state index contributed by atoms with van der Waals surface area (Å²) in [4.78, 5) is 11.5.